The molecule has 0 bridgehead atoms. The number of benzene rings is 2. The van der Waals surface area contributed by atoms with Gasteiger partial charge < -0.3 is 5.32 Å². The summed E-state index contributed by atoms with van der Waals surface area (Å²) in [5.41, 5.74) is 3.75. The van der Waals surface area contributed by atoms with E-state index < -0.39 is 10.0 Å². The highest BCUT2D eigenvalue weighted by Crippen LogP contribution is 2.31. The number of nitrogens with zero attached hydrogens (tertiary/aromatic N) is 2. The van der Waals surface area contributed by atoms with E-state index in [2.05, 4.69) is 15.6 Å². The number of thiazole rings is 1. The second-order valence-electron chi connectivity index (χ2n) is 6.55. The van der Waals surface area contributed by atoms with Crippen LogP contribution in [0.2, 0.25) is 0 Å². The maximum absolute atomic E-state index is 12.3. The van der Waals surface area contributed by atoms with Gasteiger partial charge in [0, 0.05) is 6.54 Å². The number of carbonyl (C=O) groups is 1. The number of primary sulfonamides is 1. The largest absolute Gasteiger partial charge is 0.338 e. The highest BCUT2D eigenvalue weighted by molar-refractivity contribution is 7.89. The number of imidazole rings is 1. The number of hydrogen-bond donors (Lipinski definition) is 3. The fourth-order valence-electron chi connectivity index (χ4n) is 3.09. The molecule has 0 aliphatic rings. The lowest BCUT2D eigenvalue weighted by Gasteiger charge is -2.07. The number of nitrogens with two attached hydrogens (primary N) is 1. The van der Waals surface area contributed by atoms with Gasteiger partial charge in [0.1, 0.15) is 5.00 Å². The number of rotatable bonds is 5. The van der Waals surface area contributed by atoms with Crippen molar-refractivity contribution in [2.24, 2.45) is 5.14 Å². The number of fused-ring (bicyclic) bond motifs is 3. The Morgan fingerprint density at radius 2 is 1.90 bits per heavy atom. The molecule has 29 heavy (non-hydrogen) atoms. The maximum Gasteiger partial charge on any atom is 0.319 e. The standard InChI is InChI=1S/C19H19N5O3S2/c1-12-17(28-19-22-15-4-2-3-5-16(15)24(12)19)23-18(25)21-11-10-13-6-8-14(9-7-13)29(20,26)27/h2-9H,10-11H2,1H3,(H2,20,26,27)(H2,21,23,25). The van der Waals surface area contributed by atoms with Crippen molar-refractivity contribution >= 4 is 48.4 Å². The molecule has 4 N–H and O–H groups in total. The number of anilines is 1. The quantitative estimate of drug-likeness (QED) is 0.452. The molecule has 4 rings (SSSR count). The third-order valence-corrected chi connectivity index (χ3v) is 6.55. The van der Waals surface area contributed by atoms with Gasteiger partial charge in [-0.1, -0.05) is 35.6 Å². The van der Waals surface area contributed by atoms with Crippen LogP contribution in [0, 0.1) is 6.92 Å². The zero-order valence-electron chi connectivity index (χ0n) is 15.5. The second-order valence-corrected chi connectivity index (χ2v) is 9.09. The van der Waals surface area contributed by atoms with Crippen LogP contribution in [0.3, 0.4) is 0 Å². The third kappa shape index (κ3) is 3.95. The molecular weight excluding hydrogens is 410 g/mol. The highest BCUT2D eigenvalue weighted by Gasteiger charge is 2.15. The van der Waals surface area contributed by atoms with E-state index in [0.29, 0.717) is 13.0 Å². The average Bonchev–Trinajstić information content (AvgIpc) is 3.18. The number of para-hydroxylation sites is 2. The lowest BCUT2D eigenvalue weighted by atomic mass is 10.1. The van der Waals surface area contributed by atoms with Crippen LogP contribution in [0.15, 0.2) is 53.4 Å². The number of aryl methyl sites for hydroxylation is 1. The number of nitrogens with one attached hydrogen (secondary N) is 2. The zero-order valence-corrected chi connectivity index (χ0v) is 17.2. The molecule has 2 amide bonds. The molecule has 0 unspecified atom stereocenters. The molecule has 0 saturated carbocycles. The number of amides is 2. The molecule has 2 aromatic heterocycles. The van der Waals surface area contributed by atoms with Crippen LogP contribution in [-0.2, 0) is 16.4 Å². The summed E-state index contributed by atoms with van der Waals surface area (Å²) in [5, 5.41) is 11.5. The minimum absolute atomic E-state index is 0.0673. The molecule has 0 spiro atoms. The first kappa shape index (κ1) is 19.4. The van der Waals surface area contributed by atoms with Crippen molar-refractivity contribution in [1.82, 2.24) is 14.7 Å². The SMILES string of the molecule is Cc1c(NC(=O)NCCc2ccc(S(N)(=O)=O)cc2)sc2nc3ccccc3n12. The summed E-state index contributed by atoms with van der Waals surface area (Å²) in [6, 6.07) is 13.9. The van der Waals surface area contributed by atoms with Crippen LogP contribution in [0.25, 0.3) is 16.0 Å². The first-order valence-corrected chi connectivity index (χ1v) is 11.2. The zero-order chi connectivity index (χ0) is 20.6. The van der Waals surface area contributed by atoms with E-state index in [9.17, 15) is 13.2 Å². The summed E-state index contributed by atoms with van der Waals surface area (Å²) in [4.78, 5) is 17.7. The van der Waals surface area contributed by atoms with E-state index in [4.69, 9.17) is 5.14 Å². The van der Waals surface area contributed by atoms with Crippen molar-refractivity contribution in [3.05, 3.63) is 59.8 Å². The Kier molecular flexibility index (Phi) is 4.99. The summed E-state index contributed by atoms with van der Waals surface area (Å²) in [6.07, 6.45) is 0.565. The van der Waals surface area contributed by atoms with E-state index in [1.807, 2.05) is 35.6 Å². The molecule has 150 valence electrons. The normalized spacial score (nSPS) is 11.8. The number of sulfonamides is 1. The molecule has 0 aliphatic heterocycles. The van der Waals surface area contributed by atoms with E-state index in [0.717, 1.165) is 32.3 Å². The first-order chi connectivity index (χ1) is 13.8. The molecule has 8 nitrogen and oxygen atoms in total. The van der Waals surface area contributed by atoms with Gasteiger partial charge in [-0.05, 0) is 43.2 Å². The van der Waals surface area contributed by atoms with Gasteiger partial charge in [-0.3, -0.25) is 9.72 Å². The van der Waals surface area contributed by atoms with Gasteiger partial charge in [-0.15, -0.1) is 0 Å². The van der Waals surface area contributed by atoms with Crippen molar-refractivity contribution in [3.8, 4) is 0 Å². The van der Waals surface area contributed by atoms with Crippen LogP contribution in [0.5, 0.6) is 0 Å². The smallest absolute Gasteiger partial charge is 0.319 e. The Bertz CT molecular complexity index is 1310. The summed E-state index contributed by atoms with van der Waals surface area (Å²) in [5.74, 6) is 0. The number of aromatic nitrogens is 2. The monoisotopic (exact) mass is 429 g/mol. The van der Waals surface area contributed by atoms with Gasteiger partial charge in [0.25, 0.3) is 0 Å². The minimum Gasteiger partial charge on any atom is -0.338 e. The lowest BCUT2D eigenvalue weighted by molar-refractivity contribution is 0.252. The number of hydrogen-bond acceptors (Lipinski definition) is 5. The van der Waals surface area contributed by atoms with Gasteiger partial charge in [0.15, 0.2) is 4.96 Å². The molecule has 10 heteroatoms. The van der Waals surface area contributed by atoms with Crippen molar-refractivity contribution in [2.45, 2.75) is 18.2 Å². The lowest BCUT2D eigenvalue weighted by Crippen LogP contribution is -2.30. The minimum atomic E-state index is -3.70. The molecule has 0 saturated heterocycles. The van der Waals surface area contributed by atoms with Crippen molar-refractivity contribution in [3.63, 3.8) is 0 Å². The maximum atomic E-state index is 12.3. The molecule has 0 aliphatic carbocycles. The van der Waals surface area contributed by atoms with Crippen LogP contribution in [-0.4, -0.2) is 30.4 Å². The summed E-state index contributed by atoms with van der Waals surface area (Å²) >= 11 is 1.42. The Morgan fingerprint density at radius 3 is 2.62 bits per heavy atom. The van der Waals surface area contributed by atoms with E-state index in [1.54, 1.807) is 12.1 Å². The summed E-state index contributed by atoms with van der Waals surface area (Å²) in [7, 11) is -3.70. The van der Waals surface area contributed by atoms with Gasteiger partial charge in [0.05, 0.1) is 21.6 Å². The second kappa shape index (κ2) is 7.47. The number of carbonyl (C=O) groups excluding carboxylic acids is 1. The molecular formula is C19H19N5O3S2. The van der Waals surface area contributed by atoms with Crippen molar-refractivity contribution in [1.29, 1.82) is 0 Å². The van der Waals surface area contributed by atoms with Crippen LogP contribution in [0.4, 0.5) is 9.80 Å². The average molecular weight is 430 g/mol. The molecule has 2 heterocycles. The topological polar surface area (TPSA) is 119 Å². The van der Waals surface area contributed by atoms with E-state index >= 15 is 0 Å². The van der Waals surface area contributed by atoms with Crippen LogP contribution < -0.4 is 15.8 Å². The van der Waals surface area contributed by atoms with E-state index in [-0.39, 0.29) is 10.9 Å². The summed E-state index contributed by atoms with van der Waals surface area (Å²) in [6.45, 7) is 2.35. The fourth-order valence-corrected chi connectivity index (χ4v) is 4.64. The van der Waals surface area contributed by atoms with Gasteiger partial charge >= 0.3 is 6.03 Å². The van der Waals surface area contributed by atoms with Crippen LogP contribution >= 0.6 is 11.3 Å². The van der Waals surface area contributed by atoms with Gasteiger partial charge in [0.2, 0.25) is 10.0 Å². The van der Waals surface area contributed by atoms with Gasteiger partial charge in [-0.25, -0.2) is 23.3 Å². The first-order valence-electron chi connectivity index (χ1n) is 8.86. The van der Waals surface area contributed by atoms with Gasteiger partial charge in [-0.2, -0.15) is 0 Å². The Labute approximate surface area is 171 Å². The Balaban J connectivity index is 1.38. The van der Waals surface area contributed by atoms with E-state index in [1.165, 1.54) is 23.5 Å². The Hall–Kier alpha value is -2.95. The highest BCUT2D eigenvalue weighted by atomic mass is 32.2. The third-order valence-electron chi connectivity index (χ3n) is 4.57. The summed E-state index contributed by atoms with van der Waals surface area (Å²) < 4.78 is 24.6. The van der Waals surface area contributed by atoms with Crippen molar-refractivity contribution < 1.29 is 13.2 Å². The number of urea groups is 1. The molecule has 0 radical (unpaired) electrons. The predicted octanol–water partition coefficient (Wildman–Crippen LogP) is 2.87. The molecule has 0 fully saturated rings. The molecule has 2 aromatic carbocycles. The molecule has 4 aromatic rings. The predicted molar refractivity (Wildman–Crippen MR) is 114 cm³/mol. The van der Waals surface area contributed by atoms with Crippen molar-refractivity contribution in [2.75, 3.05) is 11.9 Å². The van der Waals surface area contributed by atoms with Crippen LogP contribution in [0.1, 0.15) is 11.3 Å². The molecule has 0 atom stereocenters. The fraction of sp³-hybridized carbons (Fsp3) is 0.158. The Morgan fingerprint density at radius 1 is 1.17 bits per heavy atom.